The number of nitrogens with zero attached hydrogens (tertiary/aromatic N) is 3. The fourth-order valence-electron chi connectivity index (χ4n) is 2.66. The van der Waals surface area contributed by atoms with Gasteiger partial charge in [0.2, 0.25) is 0 Å². The number of hydrogen-bond donors (Lipinski definition) is 0. The van der Waals surface area contributed by atoms with Crippen molar-refractivity contribution in [1.29, 1.82) is 0 Å². The minimum atomic E-state index is -0.145. The zero-order valence-electron chi connectivity index (χ0n) is 14.3. The van der Waals surface area contributed by atoms with Gasteiger partial charge in [0.05, 0.1) is 10.2 Å². The van der Waals surface area contributed by atoms with Gasteiger partial charge in [-0.15, -0.1) is 11.3 Å². The number of thiazole rings is 1. The van der Waals surface area contributed by atoms with Gasteiger partial charge in [-0.3, -0.25) is 9.78 Å². The van der Waals surface area contributed by atoms with E-state index in [9.17, 15) is 4.79 Å². The molecule has 4 aromatic rings. The fraction of sp³-hybridized carbons (Fsp3) is 0.150. The first-order chi connectivity index (χ1) is 12.7. The van der Waals surface area contributed by atoms with Gasteiger partial charge in [0.15, 0.2) is 16.5 Å². The number of carbonyl (C=O) groups excluding carboxylic acids is 1. The Hall–Kier alpha value is -2.99. The van der Waals surface area contributed by atoms with Crippen molar-refractivity contribution >= 4 is 27.5 Å². The van der Waals surface area contributed by atoms with Gasteiger partial charge >= 0.3 is 0 Å². The molecule has 5 nitrogen and oxygen atoms in total. The normalized spacial score (nSPS) is 11.0. The van der Waals surface area contributed by atoms with E-state index < -0.39 is 0 Å². The van der Waals surface area contributed by atoms with Crippen molar-refractivity contribution in [3.63, 3.8) is 0 Å². The summed E-state index contributed by atoms with van der Waals surface area (Å²) < 4.78 is 6.87. The number of likely N-dealkylation sites (N-methyl/N-ethyl adjacent to an activating group) is 1. The van der Waals surface area contributed by atoms with E-state index in [2.05, 4.69) is 9.97 Å². The third-order valence-corrected chi connectivity index (χ3v) is 5.15. The molecule has 1 amide bonds. The van der Waals surface area contributed by atoms with Gasteiger partial charge in [0, 0.05) is 31.9 Å². The summed E-state index contributed by atoms with van der Waals surface area (Å²) in [6.07, 6.45) is 2.46. The van der Waals surface area contributed by atoms with Crippen molar-refractivity contribution < 1.29 is 9.21 Å². The van der Waals surface area contributed by atoms with Crippen LogP contribution >= 0.6 is 11.3 Å². The zero-order valence-corrected chi connectivity index (χ0v) is 15.1. The molecule has 0 aliphatic rings. The van der Waals surface area contributed by atoms with Gasteiger partial charge in [-0.05, 0) is 36.4 Å². The number of benzene rings is 1. The number of pyridine rings is 1. The number of amides is 1. The van der Waals surface area contributed by atoms with Crippen LogP contribution in [0.1, 0.15) is 16.2 Å². The second-order valence-electron chi connectivity index (χ2n) is 5.95. The lowest BCUT2D eigenvalue weighted by Crippen LogP contribution is -2.28. The SMILES string of the molecule is CN(CCc1ccccn1)C(=O)c1ccc(-c2nc3ccccc3s2)o1. The lowest BCUT2D eigenvalue weighted by molar-refractivity contribution is 0.0766. The Morgan fingerprint density at radius 2 is 1.96 bits per heavy atom. The summed E-state index contributed by atoms with van der Waals surface area (Å²) in [5.74, 6) is 0.795. The van der Waals surface area contributed by atoms with Crippen LogP contribution in [0.2, 0.25) is 0 Å². The molecule has 0 aliphatic heterocycles. The van der Waals surface area contributed by atoms with Gasteiger partial charge in [0.1, 0.15) is 0 Å². The van der Waals surface area contributed by atoms with Crippen LogP contribution < -0.4 is 0 Å². The molecule has 0 unspecified atom stereocenters. The van der Waals surface area contributed by atoms with Gasteiger partial charge < -0.3 is 9.32 Å². The van der Waals surface area contributed by atoms with Gasteiger partial charge in [-0.2, -0.15) is 0 Å². The van der Waals surface area contributed by atoms with Crippen molar-refractivity contribution in [1.82, 2.24) is 14.9 Å². The van der Waals surface area contributed by atoms with E-state index in [1.54, 1.807) is 41.6 Å². The van der Waals surface area contributed by atoms with Crippen LogP contribution in [0.15, 0.2) is 65.2 Å². The molecule has 0 atom stereocenters. The average Bonchev–Trinajstić information content (AvgIpc) is 3.33. The van der Waals surface area contributed by atoms with E-state index in [1.807, 2.05) is 42.5 Å². The Kier molecular flexibility index (Phi) is 4.50. The molecule has 3 heterocycles. The topological polar surface area (TPSA) is 59.2 Å². The highest BCUT2D eigenvalue weighted by Crippen LogP contribution is 2.31. The number of hydrogen-bond acceptors (Lipinski definition) is 5. The molecule has 26 heavy (non-hydrogen) atoms. The lowest BCUT2D eigenvalue weighted by atomic mass is 10.2. The van der Waals surface area contributed by atoms with Crippen LogP contribution in [0.5, 0.6) is 0 Å². The largest absolute Gasteiger partial charge is 0.448 e. The maximum atomic E-state index is 12.6. The molecule has 0 aliphatic carbocycles. The van der Waals surface area contributed by atoms with Crippen LogP contribution in [0.25, 0.3) is 21.0 Å². The molecule has 0 N–H and O–H groups in total. The molecule has 0 saturated heterocycles. The number of rotatable bonds is 5. The Balaban J connectivity index is 1.47. The van der Waals surface area contributed by atoms with Crippen molar-refractivity contribution in [3.8, 4) is 10.8 Å². The van der Waals surface area contributed by atoms with Crippen molar-refractivity contribution in [2.75, 3.05) is 13.6 Å². The molecule has 6 heteroatoms. The lowest BCUT2D eigenvalue weighted by Gasteiger charge is -2.15. The number of para-hydroxylation sites is 1. The molecule has 4 rings (SSSR count). The zero-order chi connectivity index (χ0) is 17.9. The highest BCUT2D eigenvalue weighted by atomic mass is 32.1. The summed E-state index contributed by atoms with van der Waals surface area (Å²) in [7, 11) is 1.77. The first-order valence-corrected chi connectivity index (χ1v) is 9.13. The third kappa shape index (κ3) is 3.36. The molecule has 0 bridgehead atoms. The Bertz CT molecular complexity index is 1010. The maximum Gasteiger partial charge on any atom is 0.289 e. The van der Waals surface area contributed by atoms with Gasteiger partial charge in [0.25, 0.3) is 5.91 Å². The fourth-order valence-corrected chi connectivity index (χ4v) is 3.59. The van der Waals surface area contributed by atoms with E-state index in [0.717, 1.165) is 20.9 Å². The average molecular weight is 363 g/mol. The molecule has 1 aromatic carbocycles. The molecule has 0 saturated carbocycles. The highest BCUT2D eigenvalue weighted by Gasteiger charge is 2.18. The molecule has 3 aromatic heterocycles. The minimum Gasteiger partial charge on any atom is -0.448 e. The van der Waals surface area contributed by atoms with Crippen molar-refractivity contribution in [2.24, 2.45) is 0 Å². The van der Waals surface area contributed by atoms with Crippen molar-refractivity contribution in [2.45, 2.75) is 6.42 Å². The maximum absolute atomic E-state index is 12.6. The first kappa shape index (κ1) is 16.5. The number of aromatic nitrogens is 2. The second kappa shape index (κ2) is 7.09. The summed E-state index contributed by atoms with van der Waals surface area (Å²) in [6, 6.07) is 17.2. The Morgan fingerprint density at radius 1 is 1.12 bits per heavy atom. The smallest absolute Gasteiger partial charge is 0.289 e. The Labute approximate surface area is 154 Å². The summed E-state index contributed by atoms with van der Waals surface area (Å²) in [4.78, 5) is 23.1. The first-order valence-electron chi connectivity index (χ1n) is 8.32. The number of carbonyl (C=O) groups is 1. The molecular weight excluding hydrogens is 346 g/mol. The molecule has 0 fully saturated rings. The molecule has 0 radical (unpaired) electrons. The summed E-state index contributed by atoms with van der Waals surface area (Å²) in [6.45, 7) is 0.576. The summed E-state index contributed by atoms with van der Waals surface area (Å²) >= 11 is 1.55. The van der Waals surface area contributed by atoms with Crippen LogP contribution in [0.3, 0.4) is 0 Å². The van der Waals surface area contributed by atoms with E-state index >= 15 is 0 Å². The molecular formula is C20H17N3O2S. The van der Waals surface area contributed by atoms with Crippen LogP contribution in [-0.2, 0) is 6.42 Å². The predicted octanol–water partition coefficient (Wildman–Crippen LogP) is 4.27. The summed E-state index contributed by atoms with van der Waals surface area (Å²) in [5, 5.41) is 0.779. The van der Waals surface area contributed by atoms with Crippen LogP contribution in [-0.4, -0.2) is 34.4 Å². The van der Waals surface area contributed by atoms with E-state index in [4.69, 9.17) is 4.42 Å². The van der Waals surface area contributed by atoms with Gasteiger partial charge in [-0.25, -0.2) is 4.98 Å². The standard InChI is InChI=1S/C20H17N3O2S/c1-23(13-11-14-6-4-5-12-21-14)20(24)17-10-9-16(25-17)19-22-15-7-2-3-8-18(15)26-19/h2-10,12H,11,13H2,1H3. The van der Waals surface area contributed by atoms with Crippen LogP contribution in [0, 0.1) is 0 Å². The minimum absolute atomic E-state index is 0.145. The number of furan rings is 1. The van der Waals surface area contributed by atoms with E-state index in [-0.39, 0.29) is 5.91 Å². The molecule has 130 valence electrons. The van der Waals surface area contributed by atoms with Crippen molar-refractivity contribution in [3.05, 3.63) is 72.2 Å². The third-order valence-electron chi connectivity index (χ3n) is 4.10. The van der Waals surface area contributed by atoms with Crippen LogP contribution in [0.4, 0.5) is 0 Å². The van der Waals surface area contributed by atoms with Gasteiger partial charge in [-0.1, -0.05) is 18.2 Å². The quantitative estimate of drug-likeness (QED) is 0.531. The predicted molar refractivity (Wildman–Crippen MR) is 102 cm³/mol. The van der Waals surface area contributed by atoms with E-state index in [0.29, 0.717) is 24.5 Å². The second-order valence-corrected chi connectivity index (χ2v) is 6.98. The number of fused-ring (bicyclic) bond motifs is 1. The summed E-state index contributed by atoms with van der Waals surface area (Å²) in [5.41, 5.74) is 1.89. The highest BCUT2D eigenvalue weighted by molar-refractivity contribution is 7.21. The monoisotopic (exact) mass is 363 g/mol. The van der Waals surface area contributed by atoms with E-state index in [1.165, 1.54) is 0 Å². The Morgan fingerprint density at radius 3 is 2.77 bits per heavy atom. The molecule has 0 spiro atoms.